The van der Waals surface area contributed by atoms with Crippen LogP contribution in [0.2, 0.25) is 0 Å². The number of rotatable bonds is 6. The molecule has 0 unspecified atom stereocenters. The average molecular weight is 423 g/mol. The van der Waals surface area contributed by atoms with Crippen molar-refractivity contribution in [3.8, 4) is 5.75 Å². The summed E-state index contributed by atoms with van der Waals surface area (Å²) in [6.07, 6.45) is 3.77. The first-order valence-corrected chi connectivity index (χ1v) is 8.83. The first-order chi connectivity index (χ1) is 12.7. The number of anilines is 1. The Morgan fingerprint density at radius 1 is 1.11 bits per heavy atom. The van der Waals surface area contributed by atoms with Gasteiger partial charge < -0.3 is 18.9 Å². The minimum absolute atomic E-state index is 0. The third-order valence-corrected chi connectivity index (χ3v) is 4.60. The molecule has 0 saturated heterocycles. The summed E-state index contributed by atoms with van der Waals surface area (Å²) >= 11 is 0. The van der Waals surface area contributed by atoms with Crippen LogP contribution in [-0.2, 0) is 12.8 Å². The molecule has 1 aromatic carbocycles. The largest absolute Gasteiger partial charge is 0.497 e. The minimum atomic E-state index is 0. The van der Waals surface area contributed by atoms with E-state index in [2.05, 4.69) is 33.8 Å². The maximum Gasteiger partial charge on any atom is 0.295 e. The van der Waals surface area contributed by atoms with Crippen LogP contribution in [0.15, 0.2) is 40.9 Å². The van der Waals surface area contributed by atoms with Gasteiger partial charge in [-0.2, -0.15) is 4.98 Å². The van der Waals surface area contributed by atoms with E-state index in [1.54, 1.807) is 7.11 Å². The maximum absolute atomic E-state index is 5.74. The van der Waals surface area contributed by atoms with Gasteiger partial charge in [0.2, 0.25) is 0 Å². The number of imidazole rings is 1. The van der Waals surface area contributed by atoms with Crippen LogP contribution in [0.25, 0.3) is 16.7 Å². The number of fused-ring (bicyclic) bond motifs is 2. The lowest BCUT2D eigenvalue weighted by molar-refractivity contribution is 0.414. The number of oxazole rings is 1. The molecule has 6 nitrogen and oxygen atoms in total. The lowest BCUT2D eigenvalue weighted by Crippen LogP contribution is -1.95. The number of pyridine rings is 1. The van der Waals surface area contributed by atoms with Gasteiger partial charge in [0.25, 0.3) is 6.01 Å². The van der Waals surface area contributed by atoms with Crippen LogP contribution in [-0.4, -0.2) is 28.0 Å². The molecule has 0 aliphatic rings. The summed E-state index contributed by atoms with van der Waals surface area (Å²) in [6, 6.07) is 10.7. The van der Waals surface area contributed by atoms with Crippen LogP contribution in [0.4, 0.5) is 6.01 Å². The number of hydrogen-bond acceptors (Lipinski definition) is 5. The van der Waals surface area contributed by atoms with Crippen LogP contribution in [0.3, 0.4) is 0 Å². The normalized spacial score (nSPS) is 10.5. The van der Waals surface area contributed by atoms with E-state index in [0.717, 1.165) is 53.3 Å². The van der Waals surface area contributed by atoms with Crippen molar-refractivity contribution in [1.82, 2.24) is 14.4 Å². The number of benzene rings is 1. The van der Waals surface area contributed by atoms with E-state index >= 15 is 0 Å². The Labute approximate surface area is 176 Å². The Bertz CT molecular complexity index is 1070. The van der Waals surface area contributed by atoms with E-state index in [-0.39, 0.29) is 24.8 Å². The molecule has 0 aliphatic heterocycles. The first kappa shape index (κ1) is 21.9. The standard InChI is InChI=1S/C20H22N4O2.2ClH/c1-4-21-20-23-17-8-6-14(11-18(17)26-20)5-7-16-13(2)24-10-9-15(25-3)12-19(24)22-16;;/h6,8-12H,4-5,7H2,1-3H3,(H,21,23);2*1H. The summed E-state index contributed by atoms with van der Waals surface area (Å²) in [7, 11) is 1.67. The molecule has 0 aliphatic carbocycles. The molecule has 0 atom stereocenters. The Hall–Kier alpha value is -2.44. The van der Waals surface area contributed by atoms with Crippen LogP contribution >= 0.6 is 24.8 Å². The number of hydrogen-bond donors (Lipinski definition) is 1. The van der Waals surface area contributed by atoms with E-state index in [1.165, 1.54) is 5.56 Å². The number of aryl methyl sites for hydroxylation is 3. The van der Waals surface area contributed by atoms with Gasteiger partial charge in [-0.3, -0.25) is 0 Å². The molecule has 28 heavy (non-hydrogen) atoms. The van der Waals surface area contributed by atoms with Crippen molar-refractivity contribution in [3.63, 3.8) is 0 Å². The molecule has 0 fully saturated rings. The molecule has 8 heteroatoms. The maximum atomic E-state index is 5.74. The minimum Gasteiger partial charge on any atom is -0.497 e. The van der Waals surface area contributed by atoms with Crippen LogP contribution in [0.1, 0.15) is 23.9 Å². The molecule has 1 N–H and O–H groups in total. The van der Waals surface area contributed by atoms with Gasteiger partial charge in [0.1, 0.15) is 16.9 Å². The second-order valence-electron chi connectivity index (χ2n) is 6.29. The number of halogens is 2. The van der Waals surface area contributed by atoms with Gasteiger partial charge in [-0.1, -0.05) is 6.07 Å². The zero-order chi connectivity index (χ0) is 18.1. The summed E-state index contributed by atoms with van der Waals surface area (Å²) in [4.78, 5) is 9.18. The molecule has 0 radical (unpaired) electrons. The fourth-order valence-electron chi connectivity index (χ4n) is 3.18. The monoisotopic (exact) mass is 422 g/mol. The predicted molar refractivity (Wildman–Crippen MR) is 117 cm³/mol. The lowest BCUT2D eigenvalue weighted by Gasteiger charge is -2.01. The highest BCUT2D eigenvalue weighted by molar-refractivity contribution is 5.85. The highest BCUT2D eigenvalue weighted by atomic mass is 35.5. The molecular formula is C20H24Cl2N4O2. The zero-order valence-corrected chi connectivity index (χ0v) is 17.7. The third-order valence-electron chi connectivity index (χ3n) is 4.60. The third kappa shape index (κ3) is 4.18. The molecule has 3 heterocycles. The van der Waals surface area contributed by atoms with Gasteiger partial charge in [0, 0.05) is 24.5 Å². The van der Waals surface area contributed by atoms with E-state index in [4.69, 9.17) is 14.1 Å². The molecular weight excluding hydrogens is 399 g/mol. The van der Waals surface area contributed by atoms with Crippen molar-refractivity contribution in [2.45, 2.75) is 26.7 Å². The summed E-state index contributed by atoms with van der Waals surface area (Å²) in [5.41, 5.74) is 6.08. The first-order valence-electron chi connectivity index (χ1n) is 8.83. The van der Waals surface area contributed by atoms with E-state index in [9.17, 15) is 0 Å². The molecule has 0 spiro atoms. The summed E-state index contributed by atoms with van der Waals surface area (Å²) in [5.74, 6) is 0.821. The highest BCUT2D eigenvalue weighted by Crippen LogP contribution is 2.22. The van der Waals surface area contributed by atoms with Crippen LogP contribution in [0, 0.1) is 6.92 Å². The van der Waals surface area contributed by atoms with Crippen LogP contribution in [0.5, 0.6) is 5.75 Å². The SMILES string of the molecule is CCNc1nc2ccc(CCc3nc4cc(OC)ccn4c3C)cc2o1.Cl.Cl. The van der Waals surface area contributed by atoms with Crippen molar-refractivity contribution in [1.29, 1.82) is 0 Å². The smallest absolute Gasteiger partial charge is 0.295 e. The Morgan fingerprint density at radius 2 is 1.93 bits per heavy atom. The Balaban J connectivity index is 0.00000140. The van der Waals surface area contributed by atoms with Crippen molar-refractivity contribution in [3.05, 3.63) is 53.5 Å². The van der Waals surface area contributed by atoms with Crippen molar-refractivity contribution in [2.24, 2.45) is 0 Å². The quantitative estimate of drug-likeness (QED) is 0.480. The molecule has 4 rings (SSSR count). The predicted octanol–water partition coefficient (Wildman–Crippen LogP) is 4.85. The fraction of sp³-hybridized carbons (Fsp3) is 0.300. The fourth-order valence-corrected chi connectivity index (χ4v) is 3.18. The van der Waals surface area contributed by atoms with E-state index in [1.807, 2.05) is 31.3 Å². The molecule has 3 aromatic heterocycles. The van der Waals surface area contributed by atoms with Gasteiger partial charge in [0.05, 0.1) is 12.8 Å². The van der Waals surface area contributed by atoms with Crippen molar-refractivity contribution in [2.75, 3.05) is 19.0 Å². The molecule has 0 saturated carbocycles. The summed E-state index contributed by atoms with van der Waals surface area (Å²) in [6.45, 7) is 4.91. The Kier molecular flexibility index (Phi) is 7.16. The average Bonchev–Trinajstić information content (AvgIpc) is 3.19. The topological polar surface area (TPSA) is 64.6 Å². The van der Waals surface area contributed by atoms with Crippen molar-refractivity contribution < 1.29 is 9.15 Å². The number of ether oxygens (including phenoxy) is 1. The molecule has 4 aromatic rings. The molecule has 0 amide bonds. The van der Waals surface area contributed by atoms with Crippen molar-refractivity contribution >= 4 is 47.6 Å². The summed E-state index contributed by atoms with van der Waals surface area (Å²) < 4.78 is 13.1. The van der Waals surface area contributed by atoms with Gasteiger partial charge in [-0.15, -0.1) is 24.8 Å². The van der Waals surface area contributed by atoms with E-state index in [0.29, 0.717) is 6.01 Å². The number of methoxy groups -OCH3 is 1. The molecule has 0 bridgehead atoms. The lowest BCUT2D eigenvalue weighted by atomic mass is 10.1. The van der Waals surface area contributed by atoms with Gasteiger partial charge >= 0.3 is 0 Å². The van der Waals surface area contributed by atoms with E-state index < -0.39 is 0 Å². The zero-order valence-electron chi connectivity index (χ0n) is 16.1. The Morgan fingerprint density at radius 3 is 2.68 bits per heavy atom. The highest BCUT2D eigenvalue weighted by Gasteiger charge is 2.10. The number of aromatic nitrogens is 3. The van der Waals surface area contributed by atoms with Gasteiger partial charge in [-0.05, 0) is 50.5 Å². The number of nitrogens with zero attached hydrogens (tertiary/aromatic N) is 3. The second-order valence-corrected chi connectivity index (χ2v) is 6.29. The molecule has 150 valence electrons. The van der Waals surface area contributed by atoms with Gasteiger partial charge in [-0.25, -0.2) is 4.98 Å². The number of nitrogens with one attached hydrogen (secondary N) is 1. The van der Waals surface area contributed by atoms with Gasteiger partial charge in [0.15, 0.2) is 5.58 Å². The summed E-state index contributed by atoms with van der Waals surface area (Å²) in [5, 5.41) is 3.11. The second kappa shape index (κ2) is 9.17. The van der Waals surface area contributed by atoms with Crippen LogP contribution < -0.4 is 10.1 Å².